The molecule has 0 aliphatic heterocycles. The minimum absolute atomic E-state index is 0.818. The Morgan fingerprint density at radius 2 is 2.14 bits per heavy atom. The number of para-hydroxylation sites is 1. The standard InChI is InChI=1S/C12H16OS/c1-4-10(2)13-12-8-6-5-7-11(12)9-14-3/h5-8H,2,4,9H2,1,3H3. The van der Waals surface area contributed by atoms with Gasteiger partial charge in [0.15, 0.2) is 0 Å². The van der Waals surface area contributed by atoms with E-state index in [4.69, 9.17) is 4.74 Å². The van der Waals surface area contributed by atoms with E-state index in [1.54, 1.807) is 11.8 Å². The number of benzene rings is 1. The van der Waals surface area contributed by atoms with Crippen molar-refractivity contribution in [3.05, 3.63) is 42.2 Å². The fourth-order valence-electron chi connectivity index (χ4n) is 1.11. The number of rotatable bonds is 5. The first-order valence-corrected chi connectivity index (χ1v) is 6.09. The van der Waals surface area contributed by atoms with Gasteiger partial charge in [0.2, 0.25) is 0 Å². The van der Waals surface area contributed by atoms with Crippen molar-refractivity contribution in [3.63, 3.8) is 0 Å². The van der Waals surface area contributed by atoms with Crippen LogP contribution in [0.1, 0.15) is 18.9 Å². The average molecular weight is 208 g/mol. The summed E-state index contributed by atoms with van der Waals surface area (Å²) in [5, 5.41) is 0. The highest BCUT2D eigenvalue weighted by Gasteiger charge is 2.02. The number of ether oxygens (including phenoxy) is 1. The second kappa shape index (κ2) is 5.76. The van der Waals surface area contributed by atoms with E-state index < -0.39 is 0 Å². The van der Waals surface area contributed by atoms with Gasteiger partial charge < -0.3 is 4.74 Å². The summed E-state index contributed by atoms with van der Waals surface area (Å²) >= 11 is 1.79. The third-order valence-electron chi connectivity index (χ3n) is 1.92. The predicted octanol–water partition coefficient (Wildman–Crippen LogP) is 3.85. The molecule has 2 heteroatoms. The van der Waals surface area contributed by atoms with Gasteiger partial charge >= 0.3 is 0 Å². The zero-order chi connectivity index (χ0) is 10.4. The van der Waals surface area contributed by atoms with Crippen molar-refractivity contribution < 1.29 is 4.74 Å². The van der Waals surface area contributed by atoms with Crippen molar-refractivity contribution in [2.24, 2.45) is 0 Å². The highest BCUT2D eigenvalue weighted by atomic mass is 32.2. The highest BCUT2D eigenvalue weighted by molar-refractivity contribution is 7.97. The van der Waals surface area contributed by atoms with Gasteiger partial charge in [-0.15, -0.1) is 0 Å². The predicted molar refractivity (Wildman–Crippen MR) is 63.7 cm³/mol. The molecule has 0 spiro atoms. The number of allylic oxidation sites excluding steroid dienone is 1. The molecule has 1 rings (SSSR count). The number of thioether (sulfide) groups is 1. The molecule has 76 valence electrons. The molecule has 0 N–H and O–H groups in total. The van der Waals surface area contributed by atoms with Gasteiger partial charge in [-0.2, -0.15) is 11.8 Å². The minimum atomic E-state index is 0.818. The van der Waals surface area contributed by atoms with E-state index in [1.807, 2.05) is 25.1 Å². The molecule has 0 aliphatic rings. The molecule has 0 saturated heterocycles. The summed E-state index contributed by atoms with van der Waals surface area (Å²) in [6.45, 7) is 5.88. The van der Waals surface area contributed by atoms with Gasteiger partial charge in [-0.05, 0) is 12.3 Å². The van der Waals surface area contributed by atoms with Crippen molar-refractivity contribution in [2.45, 2.75) is 19.1 Å². The Balaban J connectivity index is 2.78. The minimum Gasteiger partial charge on any atom is -0.462 e. The largest absolute Gasteiger partial charge is 0.462 e. The van der Waals surface area contributed by atoms with Crippen molar-refractivity contribution in [2.75, 3.05) is 6.26 Å². The maximum Gasteiger partial charge on any atom is 0.130 e. The molecule has 0 saturated carbocycles. The average Bonchev–Trinajstić information content (AvgIpc) is 2.21. The summed E-state index contributed by atoms with van der Waals surface area (Å²) in [7, 11) is 0. The van der Waals surface area contributed by atoms with Crippen LogP contribution in [-0.4, -0.2) is 6.26 Å². The third-order valence-corrected chi connectivity index (χ3v) is 2.52. The topological polar surface area (TPSA) is 9.23 Å². The number of hydrogen-bond donors (Lipinski definition) is 0. The Bertz CT molecular complexity index is 307. The second-order valence-corrected chi connectivity index (χ2v) is 3.90. The zero-order valence-electron chi connectivity index (χ0n) is 8.75. The summed E-state index contributed by atoms with van der Waals surface area (Å²) in [6.07, 6.45) is 2.94. The van der Waals surface area contributed by atoms with Crippen LogP contribution in [-0.2, 0) is 5.75 Å². The molecule has 0 heterocycles. The first-order chi connectivity index (χ1) is 6.77. The monoisotopic (exact) mass is 208 g/mol. The van der Waals surface area contributed by atoms with E-state index in [1.165, 1.54) is 5.56 Å². The van der Waals surface area contributed by atoms with E-state index in [2.05, 4.69) is 18.9 Å². The SMILES string of the molecule is C=C(CC)Oc1ccccc1CSC. The van der Waals surface area contributed by atoms with Crippen LogP contribution < -0.4 is 4.74 Å². The maximum absolute atomic E-state index is 5.64. The van der Waals surface area contributed by atoms with Gasteiger partial charge in [0, 0.05) is 17.7 Å². The molecule has 0 fully saturated rings. The molecular formula is C12H16OS. The lowest BCUT2D eigenvalue weighted by Gasteiger charge is -2.10. The summed E-state index contributed by atoms with van der Waals surface area (Å²) in [5.74, 6) is 2.74. The normalized spacial score (nSPS) is 9.86. The van der Waals surface area contributed by atoms with Crippen LogP contribution in [0.4, 0.5) is 0 Å². The maximum atomic E-state index is 5.64. The van der Waals surface area contributed by atoms with Crippen molar-refractivity contribution in [1.29, 1.82) is 0 Å². The number of hydrogen-bond acceptors (Lipinski definition) is 2. The zero-order valence-corrected chi connectivity index (χ0v) is 9.56. The summed E-state index contributed by atoms with van der Waals surface area (Å²) in [5.41, 5.74) is 1.23. The summed E-state index contributed by atoms with van der Waals surface area (Å²) < 4.78 is 5.64. The molecule has 1 aromatic carbocycles. The quantitative estimate of drug-likeness (QED) is 0.680. The third kappa shape index (κ3) is 3.11. The molecular weight excluding hydrogens is 192 g/mol. The van der Waals surface area contributed by atoms with Gasteiger partial charge in [-0.25, -0.2) is 0 Å². The lowest BCUT2D eigenvalue weighted by atomic mass is 10.2. The van der Waals surface area contributed by atoms with E-state index in [0.717, 1.165) is 23.7 Å². The molecule has 0 aromatic heterocycles. The highest BCUT2D eigenvalue weighted by Crippen LogP contribution is 2.23. The molecule has 0 aliphatic carbocycles. The molecule has 1 aromatic rings. The smallest absolute Gasteiger partial charge is 0.130 e. The Morgan fingerprint density at radius 1 is 1.43 bits per heavy atom. The Morgan fingerprint density at radius 3 is 2.79 bits per heavy atom. The van der Waals surface area contributed by atoms with Gasteiger partial charge in [0.05, 0.1) is 5.76 Å². The van der Waals surface area contributed by atoms with Gasteiger partial charge in [0.25, 0.3) is 0 Å². The molecule has 0 bridgehead atoms. The molecule has 0 radical (unpaired) electrons. The van der Waals surface area contributed by atoms with Gasteiger partial charge in [-0.3, -0.25) is 0 Å². The lowest BCUT2D eigenvalue weighted by Crippen LogP contribution is -1.95. The van der Waals surface area contributed by atoms with Crippen molar-refractivity contribution >= 4 is 11.8 Å². The first-order valence-electron chi connectivity index (χ1n) is 4.70. The van der Waals surface area contributed by atoms with E-state index in [9.17, 15) is 0 Å². The van der Waals surface area contributed by atoms with E-state index in [-0.39, 0.29) is 0 Å². The fraction of sp³-hybridized carbons (Fsp3) is 0.333. The summed E-state index contributed by atoms with van der Waals surface area (Å²) in [4.78, 5) is 0. The van der Waals surface area contributed by atoms with E-state index in [0.29, 0.717) is 0 Å². The molecule has 0 atom stereocenters. The van der Waals surface area contributed by atoms with Crippen molar-refractivity contribution in [1.82, 2.24) is 0 Å². The second-order valence-electron chi connectivity index (χ2n) is 3.04. The fourth-order valence-corrected chi connectivity index (χ4v) is 1.66. The van der Waals surface area contributed by atoms with Crippen LogP contribution in [0.5, 0.6) is 5.75 Å². The Hall–Kier alpha value is -0.890. The van der Waals surface area contributed by atoms with Crippen LogP contribution in [0.15, 0.2) is 36.6 Å². The van der Waals surface area contributed by atoms with Crippen molar-refractivity contribution in [3.8, 4) is 5.75 Å². The first kappa shape index (κ1) is 11.2. The summed E-state index contributed by atoms with van der Waals surface area (Å²) in [6, 6.07) is 8.11. The molecule has 0 unspecified atom stereocenters. The van der Waals surface area contributed by atoms with Gasteiger partial charge in [-0.1, -0.05) is 31.7 Å². The van der Waals surface area contributed by atoms with Crippen LogP contribution in [0, 0.1) is 0 Å². The van der Waals surface area contributed by atoms with Gasteiger partial charge in [0.1, 0.15) is 5.75 Å². The Kier molecular flexibility index (Phi) is 4.60. The Labute approximate surface area is 90.2 Å². The van der Waals surface area contributed by atoms with Crippen LogP contribution in [0.2, 0.25) is 0 Å². The molecule has 1 nitrogen and oxygen atoms in total. The molecule has 14 heavy (non-hydrogen) atoms. The van der Waals surface area contributed by atoms with E-state index >= 15 is 0 Å². The molecule has 0 amide bonds. The van der Waals surface area contributed by atoms with Crippen LogP contribution in [0.3, 0.4) is 0 Å². The van der Waals surface area contributed by atoms with Crippen LogP contribution >= 0.6 is 11.8 Å². The van der Waals surface area contributed by atoms with Crippen LogP contribution in [0.25, 0.3) is 0 Å². The lowest BCUT2D eigenvalue weighted by molar-refractivity contribution is 0.409.